The van der Waals surface area contributed by atoms with Crippen LogP contribution in [0.25, 0.3) is 27.8 Å². The first-order valence-corrected chi connectivity index (χ1v) is 9.67. The van der Waals surface area contributed by atoms with E-state index >= 15 is 0 Å². The Kier molecular flexibility index (Phi) is 4.21. The number of hydrogen-bond acceptors (Lipinski definition) is 4. The topological polar surface area (TPSA) is 51.2 Å². The molecule has 0 radical (unpaired) electrons. The molecule has 2 aromatic carbocycles. The van der Waals surface area contributed by atoms with Gasteiger partial charge in [-0.2, -0.15) is 5.10 Å². The van der Waals surface area contributed by atoms with Gasteiger partial charge in [-0.3, -0.25) is 14.1 Å². The smallest absolute Gasteiger partial charge is 0.155 e. The van der Waals surface area contributed by atoms with Gasteiger partial charge in [0, 0.05) is 42.0 Å². The molecular formula is C22H19ClN6. The number of imidazole rings is 1. The monoisotopic (exact) mass is 402 g/mol. The van der Waals surface area contributed by atoms with Crippen molar-refractivity contribution in [3.63, 3.8) is 0 Å². The number of aromatic nitrogens is 5. The van der Waals surface area contributed by atoms with Crippen LogP contribution in [0.4, 0.5) is 5.69 Å². The van der Waals surface area contributed by atoms with E-state index in [-0.39, 0.29) is 0 Å². The minimum atomic E-state index is 0.677. The predicted molar refractivity (Wildman–Crippen MR) is 116 cm³/mol. The van der Waals surface area contributed by atoms with Crippen LogP contribution in [0.2, 0.25) is 5.02 Å². The first-order valence-electron chi connectivity index (χ1n) is 9.29. The maximum atomic E-state index is 6.00. The molecule has 0 atom stereocenters. The van der Waals surface area contributed by atoms with E-state index in [9.17, 15) is 0 Å². The molecule has 0 unspecified atom stereocenters. The molecule has 0 saturated carbocycles. The quantitative estimate of drug-likeness (QED) is 0.441. The number of halogens is 1. The van der Waals surface area contributed by atoms with Crippen molar-refractivity contribution in [3.05, 3.63) is 78.0 Å². The molecule has 0 spiro atoms. The lowest BCUT2D eigenvalue weighted by Crippen LogP contribution is -2.17. The molecule has 0 saturated heterocycles. The predicted octanol–water partition coefficient (Wildman–Crippen LogP) is 4.57. The van der Waals surface area contributed by atoms with Crippen LogP contribution in [0, 0.1) is 0 Å². The summed E-state index contributed by atoms with van der Waals surface area (Å²) in [6.07, 6.45) is 7.64. The first kappa shape index (κ1) is 17.7. The van der Waals surface area contributed by atoms with E-state index in [1.165, 1.54) is 0 Å². The van der Waals surface area contributed by atoms with Crippen LogP contribution >= 0.6 is 11.6 Å². The van der Waals surface area contributed by atoms with E-state index in [4.69, 9.17) is 11.6 Å². The number of nitrogens with zero attached hydrogens (tertiary/aromatic N) is 6. The van der Waals surface area contributed by atoms with Gasteiger partial charge in [0.15, 0.2) is 5.65 Å². The van der Waals surface area contributed by atoms with Crippen molar-refractivity contribution in [1.82, 2.24) is 24.1 Å². The van der Waals surface area contributed by atoms with Crippen LogP contribution in [-0.2, 0) is 13.6 Å². The molecule has 0 aliphatic heterocycles. The van der Waals surface area contributed by atoms with Crippen molar-refractivity contribution >= 4 is 33.8 Å². The van der Waals surface area contributed by atoms with Crippen molar-refractivity contribution in [3.8, 4) is 11.3 Å². The van der Waals surface area contributed by atoms with E-state index in [1.54, 1.807) is 0 Å². The Balaban J connectivity index is 1.50. The Hall–Kier alpha value is -3.38. The molecule has 0 amide bonds. The highest BCUT2D eigenvalue weighted by molar-refractivity contribution is 6.30. The average Bonchev–Trinajstić information content (AvgIpc) is 3.31. The van der Waals surface area contributed by atoms with Crippen molar-refractivity contribution in [2.45, 2.75) is 6.54 Å². The minimum Gasteiger partial charge on any atom is -0.369 e. The van der Waals surface area contributed by atoms with Gasteiger partial charge in [-0.15, -0.1) is 0 Å². The summed E-state index contributed by atoms with van der Waals surface area (Å²) in [4.78, 5) is 11.2. The second kappa shape index (κ2) is 6.90. The number of anilines is 1. The Bertz CT molecular complexity index is 1320. The zero-order valence-electron chi connectivity index (χ0n) is 16.1. The van der Waals surface area contributed by atoms with Gasteiger partial charge >= 0.3 is 0 Å². The fraction of sp³-hybridized carbons (Fsp3) is 0.136. The van der Waals surface area contributed by atoms with Crippen LogP contribution in [-0.4, -0.2) is 31.2 Å². The fourth-order valence-electron chi connectivity index (χ4n) is 3.58. The van der Waals surface area contributed by atoms with Gasteiger partial charge in [-0.1, -0.05) is 17.7 Å². The molecule has 29 heavy (non-hydrogen) atoms. The van der Waals surface area contributed by atoms with Gasteiger partial charge in [-0.25, -0.2) is 4.98 Å². The van der Waals surface area contributed by atoms with E-state index < -0.39 is 0 Å². The molecule has 144 valence electrons. The van der Waals surface area contributed by atoms with Gasteiger partial charge in [-0.05, 0) is 36.4 Å². The molecule has 6 nitrogen and oxygen atoms in total. The highest BCUT2D eigenvalue weighted by atomic mass is 35.5. The van der Waals surface area contributed by atoms with Crippen molar-refractivity contribution in [2.24, 2.45) is 7.05 Å². The summed E-state index contributed by atoms with van der Waals surface area (Å²) in [5.74, 6) is 0. The highest BCUT2D eigenvalue weighted by Gasteiger charge is 2.11. The van der Waals surface area contributed by atoms with Gasteiger partial charge in [0.25, 0.3) is 0 Å². The molecular weight excluding hydrogens is 384 g/mol. The zero-order chi connectivity index (χ0) is 20.0. The number of fused-ring (bicyclic) bond motifs is 2. The molecule has 0 aliphatic carbocycles. The second-order valence-electron chi connectivity index (χ2n) is 7.12. The number of rotatable bonds is 4. The standard InChI is InChI=1S/C22H19ClN6/c1-27(19-6-4-17(23)5-7-19)13-18-14-29-21(11-25-22(29)12-24-18)15-3-8-20-16(9-15)10-26-28(20)2/h3-12,14H,13H2,1-2H3. The molecule has 0 aliphatic rings. The van der Waals surface area contributed by atoms with Crippen LogP contribution in [0.5, 0.6) is 0 Å². The summed E-state index contributed by atoms with van der Waals surface area (Å²) in [5.41, 5.74) is 6.10. The van der Waals surface area contributed by atoms with Crippen LogP contribution in [0.1, 0.15) is 5.69 Å². The Morgan fingerprint density at radius 3 is 2.66 bits per heavy atom. The van der Waals surface area contributed by atoms with Crippen LogP contribution in [0.15, 0.2) is 67.3 Å². The van der Waals surface area contributed by atoms with Gasteiger partial charge in [0.05, 0.1) is 42.0 Å². The summed E-state index contributed by atoms with van der Waals surface area (Å²) < 4.78 is 3.97. The summed E-state index contributed by atoms with van der Waals surface area (Å²) in [7, 11) is 3.99. The van der Waals surface area contributed by atoms with Gasteiger partial charge < -0.3 is 4.90 Å². The van der Waals surface area contributed by atoms with E-state index in [0.29, 0.717) is 6.54 Å². The maximum Gasteiger partial charge on any atom is 0.155 e. The van der Waals surface area contributed by atoms with Gasteiger partial charge in [0.2, 0.25) is 0 Å². The molecule has 7 heteroatoms. The minimum absolute atomic E-state index is 0.677. The van der Waals surface area contributed by atoms with Crippen LogP contribution in [0.3, 0.4) is 0 Å². The first-order chi connectivity index (χ1) is 14.1. The summed E-state index contributed by atoms with van der Waals surface area (Å²) in [5, 5.41) is 6.17. The summed E-state index contributed by atoms with van der Waals surface area (Å²) >= 11 is 6.00. The fourth-order valence-corrected chi connectivity index (χ4v) is 3.70. The van der Waals surface area contributed by atoms with Gasteiger partial charge in [0.1, 0.15) is 0 Å². The molecule has 3 aromatic heterocycles. The third-order valence-electron chi connectivity index (χ3n) is 5.16. The zero-order valence-corrected chi connectivity index (χ0v) is 16.9. The number of hydrogen-bond donors (Lipinski definition) is 0. The molecule has 3 heterocycles. The van der Waals surface area contributed by atoms with Crippen molar-refractivity contribution < 1.29 is 0 Å². The lowest BCUT2D eigenvalue weighted by Gasteiger charge is -2.19. The van der Waals surface area contributed by atoms with E-state index in [2.05, 4.69) is 48.8 Å². The van der Waals surface area contributed by atoms with E-state index in [1.807, 2.05) is 61.6 Å². The lowest BCUT2D eigenvalue weighted by atomic mass is 10.1. The molecule has 5 rings (SSSR count). The summed E-state index contributed by atoms with van der Waals surface area (Å²) in [6, 6.07) is 14.1. The largest absolute Gasteiger partial charge is 0.369 e. The SMILES string of the molecule is CN(Cc1cn2c(-c3ccc4c(cnn4C)c3)cnc2cn1)c1ccc(Cl)cc1. The maximum absolute atomic E-state index is 6.00. The number of aryl methyl sites for hydroxylation is 1. The third-order valence-corrected chi connectivity index (χ3v) is 5.41. The lowest BCUT2D eigenvalue weighted by molar-refractivity contribution is 0.797. The van der Waals surface area contributed by atoms with Crippen LogP contribution < -0.4 is 4.90 Å². The molecule has 5 aromatic rings. The Labute approximate surface area is 173 Å². The number of benzene rings is 2. The highest BCUT2D eigenvalue weighted by Crippen LogP contribution is 2.25. The molecule has 0 bridgehead atoms. The van der Waals surface area contributed by atoms with E-state index in [0.717, 1.165) is 44.2 Å². The normalized spacial score (nSPS) is 11.4. The Morgan fingerprint density at radius 1 is 1.00 bits per heavy atom. The summed E-state index contributed by atoms with van der Waals surface area (Å²) in [6.45, 7) is 0.677. The average molecular weight is 403 g/mol. The molecule has 0 N–H and O–H groups in total. The second-order valence-corrected chi connectivity index (χ2v) is 7.56. The van der Waals surface area contributed by atoms with Crippen molar-refractivity contribution in [1.29, 1.82) is 0 Å². The van der Waals surface area contributed by atoms with Crippen molar-refractivity contribution in [2.75, 3.05) is 11.9 Å². The third kappa shape index (κ3) is 3.21. The molecule has 0 fully saturated rings. The Morgan fingerprint density at radius 2 is 1.83 bits per heavy atom.